The van der Waals surface area contributed by atoms with Gasteiger partial charge in [-0.25, -0.2) is 0 Å². The number of hydrogen-bond acceptors (Lipinski definition) is 4. The van der Waals surface area contributed by atoms with E-state index >= 15 is 0 Å². The summed E-state index contributed by atoms with van der Waals surface area (Å²) in [6.07, 6.45) is 5.08. The lowest BCUT2D eigenvalue weighted by Gasteiger charge is -2.29. The van der Waals surface area contributed by atoms with E-state index in [0.29, 0.717) is 29.8 Å². The number of rotatable bonds is 3. The fourth-order valence-corrected chi connectivity index (χ4v) is 2.91. The SMILES string of the molecule is Cc1noc(C2CCN(C(=O)/C=C/c3cccc(Cl)c3)CC2)n1. The molecule has 2 aromatic rings. The summed E-state index contributed by atoms with van der Waals surface area (Å²) >= 11 is 5.94. The Morgan fingerprint density at radius 1 is 1.39 bits per heavy atom. The van der Waals surface area contributed by atoms with Crippen LogP contribution in [0.4, 0.5) is 0 Å². The van der Waals surface area contributed by atoms with E-state index in [9.17, 15) is 4.79 Å². The summed E-state index contributed by atoms with van der Waals surface area (Å²) in [6, 6.07) is 7.42. The van der Waals surface area contributed by atoms with Crippen LogP contribution in [0.15, 0.2) is 34.9 Å². The van der Waals surface area contributed by atoms with Crippen LogP contribution >= 0.6 is 11.6 Å². The molecule has 0 atom stereocenters. The van der Waals surface area contributed by atoms with Crippen LogP contribution in [-0.4, -0.2) is 34.0 Å². The molecule has 6 heteroatoms. The average Bonchev–Trinajstić information content (AvgIpc) is 2.99. The van der Waals surface area contributed by atoms with E-state index in [1.165, 1.54) is 0 Å². The molecule has 5 nitrogen and oxygen atoms in total. The average molecular weight is 332 g/mol. The number of benzene rings is 1. The molecule has 0 aliphatic carbocycles. The molecule has 1 aliphatic rings. The van der Waals surface area contributed by atoms with Crippen molar-refractivity contribution in [2.24, 2.45) is 0 Å². The maximum Gasteiger partial charge on any atom is 0.246 e. The van der Waals surface area contributed by atoms with Gasteiger partial charge in [0.1, 0.15) is 0 Å². The first kappa shape index (κ1) is 15.7. The lowest BCUT2D eigenvalue weighted by molar-refractivity contribution is -0.127. The second kappa shape index (κ2) is 6.96. The van der Waals surface area contributed by atoms with Crippen LogP contribution in [-0.2, 0) is 4.79 Å². The van der Waals surface area contributed by atoms with Crippen molar-refractivity contribution in [2.45, 2.75) is 25.7 Å². The lowest BCUT2D eigenvalue weighted by atomic mass is 9.96. The minimum absolute atomic E-state index is 0.0186. The van der Waals surface area contributed by atoms with Crippen molar-refractivity contribution in [1.29, 1.82) is 0 Å². The van der Waals surface area contributed by atoms with Crippen molar-refractivity contribution in [2.75, 3.05) is 13.1 Å². The Balaban J connectivity index is 1.56. The molecule has 1 fully saturated rings. The third kappa shape index (κ3) is 3.99. The zero-order valence-corrected chi connectivity index (χ0v) is 13.7. The van der Waals surface area contributed by atoms with Crippen molar-refractivity contribution in [1.82, 2.24) is 15.0 Å². The van der Waals surface area contributed by atoms with Gasteiger partial charge < -0.3 is 9.42 Å². The van der Waals surface area contributed by atoms with Crippen LogP contribution in [0.1, 0.15) is 36.0 Å². The second-order valence-corrected chi connectivity index (χ2v) is 6.10. The smallest absolute Gasteiger partial charge is 0.246 e. The largest absolute Gasteiger partial charge is 0.339 e. The number of carbonyl (C=O) groups is 1. The molecule has 120 valence electrons. The fourth-order valence-electron chi connectivity index (χ4n) is 2.71. The fraction of sp³-hybridized carbons (Fsp3) is 0.353. The van der Waals surface area contributed by atoms with Crippen molar-refractivity contribution in [3.63, 3.8) is 0 Å². The molecule has 0 bridgehead atoms. The lowest BCUT2D eigenvalue weighted by Crippen LogP contribution is -2.36. The Morgan fingerprint density at radius 2 is 2.17 bits per heavy atom. The predicted molar refractivity (Wildman–Crippen MR) is 88.1 cm³/mol. The maximum atomic E-state index is 12.3. The van der Waals surface area contributed by atoms with Gasteiger partial charge in [0.2, 0.25) is 11.8 Å². The van der Waals surface area contributed by atoms with Gasteiger partial charge in [-0.1, -0.05) is 28.9 Å². The number of hydrogen-bond donors (Lipinski definition) is 0. The number of halogens is 1. The third-order valence-electron chi connectivity index (χ3n) is 3.97. The van der Waals surface area contributed by atoms with Gasteiger partial charge in [-0.15, -0.1) is 0 Å². The first-order chi connectivity index (χ1) is 11.1. The first-order valence-corrected chi connectivity index (χ1v) is 8.02. The van der Waals surface area contributed by atoms with Crippen molar-refractivity contribution < 1.29 is 9.32 Å². The Morgan fingerprint density at radius 3 is 2.83 bits per heavy atom. The maximum absolute atomic E-state index is 12.3. The number of aryl methyl sites for hydroxylation is 1. The molecule has 23 heavy (non-hydrogen) atoms. The molecule has 0 unspecified atom stereocenters. The Labute approximate surface area is 139 Å². The number of likely N-dealkylation sites (tertiary alicyclic amines) is 1. The van der Waals surface area contributed by atoms with Gasteiger partial charge >= 0.3 is 0 Å². The molecule has 3 rings (SSSR count). The molecule has 1 saturated heterocycles. The van der Waals surface area contributed by atoms with E-state index in [0.717, 1.165) is 18.4 Å². The highest BCUT2D eigenvalue weighted by molar-refractivity contribution is 6.30. The summed E-state index contributed by atoms with van der Waals surface area (Å²) in [7, 11) is 0. The number of nitrogens with zero attached hydrogens (tertiary/aromatic N) is 3. The summed E-state index contributed by atoms with van der Waals surface area (Å²) in [4.78, 5) is 18.4. The number of aromatic nitrogens is 2. The van der Waals surface area contributed by atoms with Crippen LogP contribution in [0, 0.1) is 6.92 Å². The Kier molecular flexibility index (Phi) is 4.76. The molecule has 1 aromatic heterocycles. The number of amides is 1. The van der Waals surface area contributed by atoms with Gasteiger partial charge in [0.25, 0.3) is 0 Å². The molecule has 0 saturated carbocycles. The van der Waals surface area contributed by atoms with Crippen LogP contribution < -0.4 is 0 Å². The monoisotopic (exact) mass is 331 g/mol. The third-order valence-corrected chi connectivity index (χ3v) is 4.20. The van der Waals surface area contributed by atoms with Crippen LogP contribution in [0.25, 0.3) is 6.08 Å². The molecule has 1 aliphatic heterocycles. The van der Waals surface area contributed by atoms with Crippen LogP contribution in [0.3, 0.4) is 0 Å². The molecule has 0 N–H and O–H groups in total. The minimum Gasteiger partial charge on any atom is -0.339 e. The van der Waals surface area contributed by atoms with Gasteiger partial charge in [-0.2, -0.15) is 4.98 Å². The van der Waals surface area contributed by atoms with E-state index in [1.54, 1.807) is 12.2 Å². The van der Waals surface area contributed by atoms with E-state index in [2.05, 4.69) is 10.1 Å². The first-order valence-electron chi connectivity index (χ1n) is 7.64. The Hall–Kier alpha value is -2.14. The number of carbonyl (C=O) groups excluding carboxylic acids is 1. The molecule has 1 amide bonds. The van der Waals surface area contributed by atoms with Gasteiger partial charge in [0.05, 0.1) is 0 Å². The van der Waals surface area contributed by atoms with E-state index in [4.69, 9.17) is 16.1 Å². The van der Waals surface area contributed by atoms with Crippen molar-refractivity contribution >= 4 is 23.6 Å². The highest BCUT2D eigenvalue weighted by Gasteiger charge is 2.26. The topological polar surface area (TPSA) is 59.2 Å². The molecule has 2 heterocycles. The van der Waals surface area contributed by atoms with Gasteiger partial charge in [-0.3, -0.25) is 4.79 Å². The zero-order chi connectivity index (χ0) is 16.2. The summed E-state index contributed by atoms with van der Waals surface area (Å²) in [5, 5.41) is 4.49. The molecule has 0 spiro atoms. The summed E-state index contributed by atoms with van der Waals surface area (Å²) in [5.74, 6) is 1.61. The highest BCUT2D eigenvalue weighted by Crippen LogP contribution is 2.26. The number of piperidine rings is 1. The van der Waals surface area contributed by atoms with Crippen molar-refractivity contribution in [3.8, 4) is 0 Å². The van der Waals surface area contributed by atoms with Crippen LogP contribution in [0.2, 0.25) is 5.02 Å². The Bertz CT molecular complexity index is 718. The van der Waals surface area contributed by atoms with Crippen LogP contribution in [0.5, 0.6) is 0 Å². The van der Waals surface area contributed by atoms with E-state index in [-0.39, 0.29) is 11.8 Å². The molecular weight excluding hydrogens is 314 g/mol. The summed E-state index contributed by atoms with van der Waals surface area (Å²) in [6.45, 7) is 3.21. The van der Waals surface area contributed by atoms with E-state index in [1.807, 2.05) is 36.1 Å². The summed E-state index contributed by atoms with van der Waals surface area (Å²) < 4.78 is 5.22. The minimum atomic E-state index is 0.0186. The summed E-state index contributed by atoms with van der Waals surface area (Å²) in [5.41, 5.74) is 0.919. The predicted octanol–water partition coefficient (Wildman–Crippen LogP) is 3.45. The normalized spacial score (nSPS) is 16.2. The highest BCUT2D eigenvalue weighted by atomic mass is 35.5. The van der Waals surface area contributed by atoms with E-state index < -0.39 is 0 Å². The van der Waals surface area contributed by atoms with Gasteiger partial charge in [-0.05, 0) is 43.5 Å². The second-order valence-electron chi connectivity index (χ2n) is 5.67. The van der Waals surface area contributed by atoms with Gasteiger partial charge in [0, 0.05) is 30.1 Å². The van der Waals surface area contributed by atoms with Crippen molar-refractivity contribution in [3.05, 3.63) is 52.6 Å². The molecular formula is C17H18ClN3O2. The van der Waals surface area contributed by atoms with Gasteiger partial charge in [0.15, 0.2) is 5.82 Å². The molecule has 0 radical (unpaired) electrons. The standard InChI is InChI=1S/C17H18ClN3O2/c1-12-19-17(23-20-12)14-7-9-21(10-8-14)16(22)6-5-13-3-2-4-15(18)11-13/h2-6,11,14H,7-10H2,1H3/b6-5+. The zero-order valence-electron chi connectivity index (χ0n) is 12.9. The molecule has 1 aromatic carbocycles. The quantitative estimate of drug-likeness (QED) is 0.808.